The van der Waals surface area contributed by atoms with Crippen molar-refractivity contribution in [2.75, 3.05) is 6.79 Å². The highest BCUT2D eigenvalue weighted by Crippen LogP contribution is 2.28. The van der Waals surface area contributed by atoms with Gasteiger partial charge < -0.3 is 23.7 Å². The van der Waals surface area contributed by atoms with E-state index >= 15 is 0 Å². The first kappa shape index (κ1) is 27.5. The molecule has 1 aliphatic rings. The lowest BCUT2D eigenvalue weighted by molar-refractivity contribution is -0.144. The van der Waals surface area contributed by atoms with E-state index in [4.69, 9.17) is 23.7 Å². The number of carbonyl (C=O) groups excluding carboxylic acids is 3. The maximum absolute atomic E-state index is 12.6. The summed E-state index contributed by atoms with van der Waals surface area (Å²) in [5.74, 6) is -0.144. The van der Waals surface area contributed by atoms with Crippen molar-refractivity contribution in [3.63, 3.8) is 0 Å². The molecule has 0 aromatic heterocycles. The largest absolute Gasteiger partial charge is 0.487 e. The quantitative estimate of drug-likeness (QED) is 0.108. The monoisotopic (exact) mass is 508 g/mol. The summed E-state index contributed by atoms with van der Waals surface area (Å²) < 4.78 is 27.1. The molecule has 2 aromatic rings. The fourth-order valence-electron chi connectivity index (χ4n) is 3.72. The van der Waals surface area contributed by atoms with Gasteiger partial charge in [-0.2, -0.15) is 0 Å². The van der Waals surface area contributed by atoms with Crippen molar-refractivity contribution in [1.82, 2.24) is 0 Å². The molecule has 0 spiro atoms. The molecule has 0 amide bonds. The van der Waals surface area contributed by atoms with E-state index in [2.05, 4.69) is 20.1 Å². The summed E-state index contributed by atoms with van der Waals surface area (Å²) in [6.07, 6.45) is 5.90. The predicted molar refractivity (Wildman–Crippen MR) is 136 cm³/mol. The van der Waals surface area contributed by atoms with Gasteiger partial charge in [0, 0.05) is 18.1 Å². The van der Waals surface area contributed by atoms with Gasteiger partial charge in [0.2, 0.25) is 6.79 Å². The smallest absolute Gasteiger partial charge is 0.343 e. The van der Waals surface area contributed by atoms with Crippen LogP contribution in [0.25, 0.3) is 0 Å². The molecule has 1 fully saturated rings. The minimum absolute atomic E-state index is 0.254. The van der Waals surface area contributed by atoms with Crippen LogP contribution in [-0.2, 0) is 19.1 Å². The summed E-state index contributed by atoms with van der Waals surface area (Å²) in [5.41, 5.74) is 0.810. The molecule has 8 heteroatoms. The Hall–Kier alpha value is -4.07. The van der Waals surface area contributed by atoms with E-state index in [1.54, 1.807) is 48.5 Å². The second kappa shape index (κ2) is 13.9. The molecule has 0 radical (unpaired) electrons. The molecule has 2 aromatic carbocycles. The first-order chi connectivity index (χ1) is 17.9. The second-order valence-electron chi connectivity index (χ2n) is 8.57. The maximum atomic E-state index is 12.6. The highest BCUT2D eigenvalue weighted by molar-refractivity contribution is 5.91. The molecule has 0 N–H and O–H groups in total. The highest BCUT2D eigenvalue weighted by Gasteiger charge is 2.35. The van der Waals surface area contributed by atoms with Gasteiger partial charge in [-0.25, -0.2) is 14.4 Å². The van der Waals surface area contributed by atoms with E-state index < -0.39 is 11.9 Å². The average molecular weight is 509 g/mol. The zero-order valence-electron chi connectivity index (χ0n) is 21.0. The Balaban J connectivity index is 1.55. The van der Waals surface area contributed by atoms with Gasteiger partial charge >= 0.3 is 17.9 Å². The van der Waals surface area contributed by atoms with Crippen LogP contribution in [0.4, 0.5) is 0 Å². The van der Waals surface area contributed by atoms with Gasteiger partial charge in [0.05, 0.1) is 5.56 Å². The van der Waals surface area contributed by atoms with Crippen molar-refractivity contribution in [3.05, 3.63) is 78.9 Å². The predicted octanol–water partition coefficient (Wildman–Crippen LogP) is 5.56. The molecule has 0 aliphatic carbocycles. The summed E-state index contributed by atoms with van der Waals surface area (Å²) in [7, 11) is 0. The first-order valence-electron chi connectivity index (χ1n) is 12.3. The summed E-state index contributed by atoms with van der Waals surface area (Å²) >= 11 is 0. The fraction of sp³-hybridized carbons (Fsp3) is 0.345. The summed E-state index contributed by atoms with van der Waals surface area (Å²) in [4.78, 5) is 35.4. The average Bonchev–Trinajstić information content (AvgIpc) is 3.24. The third-order valence-electron chi connectivity index (χ3n) is 5.76. The van der Waals surface area contributed by atoms with E-state index in [-0.39, 0.29) is 25.0 Å². The molecule has 0 saturated carbocycles. The number of hydrogen-bond acceptors (Lipinski definition) is 8. The molecular weight excluding hydrogens is 476 g/mol. The van der Waals surface area contributed by atoms with Crippen molar-refractivity contribution in [2.24, 2.45) is 0 Å². The van der Waals surface area contributed by atoms with Crippen LogP contribution in [0.3, 0.4) is 0 Å². The van der Waals surface area contributed by atoms with Crippen LogP contribution in [0.5, 0.6) is 17.2 Å². The van der Waals surface area contributed by atoms with Crippen LogP contribution < -0.4 is 14.2 Å². The van der Waals surface area contributed by atoms with Gasteiger partial charge in [-0.3, -0.25) is 0 Å². The van der Waals surface area contributed by atoms with Crippen LogP contribution in [-0.4, -0.2) is 36.9 Å². The van der Waals surface area contributed by atoms with Crippen LogP contribution in [0, 0.1) is 0 Å². The standard InChI is InChI=1S/C29H32O8/c1-4-6-7-8-9-25(26-18-20(3)28(31)37-26)35-23-12-10-21(11-13-23)29(32)36-24-16-14-22(15-17-24)33-19-34-27(30)5-2/h5,10-17,25-26H,2-4,6-9,18-19H2,1H3. The van der Waals surface area contributed by atoms with Crippen molar-refractivity contribution in [3.8, 4) is 17.2 Å². The lowest BCUT2D eigenvalue weighted by Gasteiger charge is -2.24. The number of ether oxygens (including phenoxy) is 5. The first-order valence-corrected chi connectivity index (χ1v) is 12.3. The Morgan fingerprint density at radius 3 is 2.32 bits per heavy atom. The third-order valence-corrected chi connectivity index (χ3v) is 5.76. The highest BCUT2D eigenvalue weighted by atomic mass is 16.7. The van der Waals surface area contributed by atoms with Crippen molar-refractivity contribution in [1.29, 1.82) is 0 Å². The summed E-state index contributed by atoms with van der Waals surface area (Å²) in [5, 5.41) is 0. The van der Waals surface area contributed by atoms with E-state index in [0.717, 1.165) is 38.2 Å². The molecule has 2 atom stereocenters. The molecule has 196 valence electrons. The Labute approximate surface area is 216 Å². The molecule has 8 nitrogen and oxygen atoms in total. The van der Waals surface area contributed by atoms with Crippen molar-refractivity contribution >= 4 is 17.9 Å². The number of rotatable bonds is 14. The van der Waals surface area contributed by atoms with Gasteiger partial charge in [-0.1, -0.05) is 39.3 Å². The van der Waals surface area contributed by atoms with Crippen LogP contribution in [0.1, 0.15) is 55.8 Å². The summed E-state index contributed by atoms with van der Waals surface area (Å²) in [6, 6.07) is 13.0. The maximum Gasteiger partial charge on any atom is 0.343 e. The molecule has 37 heavy (non-hydrogen) atoms. The van der Waals surface area contributed by atoms with Crippen LogP contribution >= 0.6 is 0 Å². The van der Waals surface area contributed by atoms with Crippen LogP contribution in [0.15, 0.2) is 73.3 Å². The lowest BCUT2D eigenvalue weighted by Crippen LogP contribution is -2.31. The van der Waals surface area contributed by atoms with Gasteiger partial charge in [-0.15, -0.1) is 0 Å². The number of benzene rings is 2. The van der Waals surface area contributed by atoms with E-state index in [1.807, 2.05) is 0 Å². The summed E-state index contributed by atoms with van der Waals surface area (Å²) in [6.45, 7) is 8.97. The Bertz CT molecular complexity index is 1070. The van der Waals surface area contributed by atoms with E-state index in [1.165, 1.54) is 0 Å². The molecule has 3 rings (SSSR count). The zero-order chi connectivity index (χ0) is 26.6. The molecular formula is C29H32O8. The van der Waals surface area contributed by atoms with Crippen molar-refractivity contribution < 1.29 is 38.1 Å². The zero-order valence-corrected chi connectivity index (χ0v) is 21.0. The Morgan fingerprint density at radius 1 is 1.03 bits per heavy atom. The van der Waals surface area contributed by atoms with Gasteiger partial charge in [0.25, 0.3) is 0 Å². The SMILES string of the molecule is C=CC(=O)OCOc1ccc(OC(=O)c2ccc(OC(CCCCCC)C3CC(=C)C(=O)O3)cc2)cc1. The molecule has 0 bridgehead atoms. The molecule has 1 heterocycles. The van der Waals surface area contributed by atoms with Gasteiger partial charge in [0.15, 0.2) is 0 Å². The topological polar surface area (TPSA) is 97.4 Å². The number of hydrogen-bond donors (Lipinski definition) is 0. The van der Waals surface area contributed by atoms with E-state index in [0.29, 0.717) is 34.8 Å². The number of carbonyl (C=O) groups is 3. The number of cyclic esters (lactones) is 1. The van der Waals surface area contributed by atoms with Crippen LogP contribution in [0.2, 0.25) is 0 Å². The minimum atomic E-state index is -0.586. The molecule has 2 unspecified atom stereocenters. The third kappa shape index (κ3) is 8.52. The fourth-order valence-corrected chi connectivity index (χ4v) is 3.72. The Morgan fingerprint density at radius 2 is 1.70 bits per heavy atom. The lowest BCUT2D eigenvalue weighted by atomic mass is 10.0. The molecule has 1 aliphatic heterocycles. The van der Waals surface area contributed by atoms with Gasteiger partial charge in [-0.05, 0) is 61.4 Å². The van der Waals surface area contributed by atoms with E-state index in [9.17, 15) is 14.4 Å². The normalized spacial score (nSPS) is 15.4. The number of unbranched alkanes of at least 4 members (excludes halogenated alkanes) is 3. The molecule has 1 saturated heterocycles. The van der Waals surface area contributed by atoms with Crippen molar-refractivity contribution in [2.45, 2.75) is 57.7 Å². The number of esters is 3. The Kier molecular flexibility index (Phi) is 10.3. The minimum Gasteiger partial charge on any atom is -0.487 e. The van der Waals surface area contributed by atoms with Gasteiger partial charge in [0.1, 0.15) is 29.5 Å². The second-order valence-corrected chi connectivity index (χ2v) is 8.57.